The topological polar surface area (TPSA) is 59.4 Å². The van der Waals surface area contributed by atoms with Crippen molar-refractivity contribution in [2.24, 2.45) is 5.92 Å². The first kappa shape index (κ1) is 15.0. The van der Waals surface area contributed by atoms with Crippen molar-refractivity contribution in [3.8, 4) is 0 Å². The van der Waals surface area contributed by atoms with Crippen LogP contribution in [0.15, 0.2) is 0 Å². The molecule has 1 aromatic heterocycles. The molecule has 0 amide bonds. The van der Waals surface area contributed by atoms with Crippen LogP contribution in [0.4, 0.5) is 0 Å². The Morgan fingerprint density at radius 3 is 2.71 bits per heavy atom. The number of hydrogen-bond donors (Lipinski definition) is 1. The van der Waals surface area contributed by atoms with Crippen LogP contribution in [0.2, 0.25) is 0 Å². The van der Waals surface area contributed by atoms with Gasteiger partial charge in [0.25, 0.3) is 0 Å². The third-order valence-corrected chi connectivity index (χ3v) is 6.04. The van der Waals surface area contributed by atoms with Gasteiger partial charge in [-0.2, -0.15) is 0 Å². The third kappa shape index (κ3) is 2.99. The van der Waals surface area contributed by atoms with Crippen LogP contribution in [-0.2, 0) is 16.0 Å². The monoisotopic (exact) mass is 309 g/mol. The molecule has 2 aliphatic carbocycles. The van der Waals surface area contributed by atoms with Crippen molar-refractivity contribution in [1.82, 2.24) is 4.98 Å². The molecule has 1 heterocycles. The second-order valence-electron chi connectivity index (χ2n) is 6.20. The maximum Gasteiger partial charge on any atom is 0.312 e. The first-order chi connectivity index (χ1) is 10.2. The molecule has 0 aromatic carbocycles. The number of aliphatic carboxylic acids is 1. The highest BCUT2D eigenvalue weighted by molar-refractivity contribution is 7.11. The third-order valence-electron chi connectivity index (χ3n) is 4.84. The van der Waals surface area contributed by atoms with Crippen LogP contribution in [0.5, 0.6) is 0 Å². The number of carboxylic acids is 1. The van der Waals surface area contributed by atoms with Crippen LogP contribution < -0.4 is 0 Å². The van der Waals surface area contributed by atoms with Gasteiger partial charge in [0.2, 0.25) is 0 Å². The van der Waals surface area contributed by atoms with E-state index < -0.39 is 11.9 Å². The summed E-state index contributed by atoms with van der Waals surface area (Å²) in [5, 5.41) is 10.4. The molecule has 1 aromatic rings. The highest BCUT2D eigenvalue weighted by Crippen LogP contribution is 2.42. The first-order valence-corrected chi connectivity index (χ1v) is 8.77. The summed E-state index contributed by atoms with van der Waals surface area (Å²) in [4.78, 5) is 17.3. The molecule has 2 aliphatic rings. The Morgan fingerprint density at radius 1 is 1.29 bits per heavy atom. The Morgan fingerprint density at radius 2 is 2.05 bits per heavy atom. The molecule has 1 fully saturated rings. The molecule has 1 saturated carbocycles. The van der Waals surface area contributed by atoms with Gasteiger partial charge in [-0.15, -0.1) is 11.3 Å². The molecule has 0 spiro atoms. The molecular formula is C16H23NO3S. The molecule has 2 atom stereocenters. The second kappa shape index (κ2) is 6.44. The van der Waals surface area contributed by atoms with E-state index in [2.05, 4.69) is 0 Å². The van der Waals surface area contributed by atoms with Gasteiger partial charge in [0.05, 0.1) is 11.6 Å². The van der Waals surface area contributed by atoms with Crippen LogP contribution in [-0.4, -0.2) is 23.2 Å². The molecule has 2 unspecified atom stereocenters. The number of carboxylic acid groups (broad SMARTS) is 1. The summed E-state index contributed by atoms with van der Waals surface area (Å²) in [6.07, 6.45) is 8.95. The van der Waals surface area contributed by atoms with E-state index in [4.69, 9.17) is 9.72 Å². The lowest BCUT2D eigenvalue weighted by atomic mass is 9.85. The average Bonchev–Trinajstić information content (AvgIpc) is 2.92. The zero-order valence-electron chi connectivity index (χ0n) is 12.5. The van der Waals surface area contributed by atoms with Crippen molar-refractivity contribution in [1.29, 1.82) is 0 Å². The van der Waals surface area contributed by atoms with Crippen LogP contribution in [0.25, 0.3) is 0 Å². The zero-order valence-corrected chi connectivity index (χ0v) is 13.3. The lowest BCUT2D eigenvalue weighted by Crippen LogP contribution is -2.19. The summed E-state index contributed by atoms with van der Waals surface area (Å²) in [6, 6.07) is 0. The number of carbonyl (C=O) groups is 1. The van der Waals surface area contributed by atoms with Crippen LogP contribution in [0.3, 0.4) is 0 Å². The van der Waals surface area contributed by atoms with Gasteiger partial charge in [0, 0.05) is 12.0 Å². The van der Waals surface area contributed by atoms with E-state index in [9.17, 15) is 9.90 Å². The standard InChI is InChI=1S/C16H23NO3S/c1-20-14(10-6-3-2-4-7-10)15-17-13-11(16(18)19)8-5-9-12(13)21-15/h10-11,14H,2-9H2,1H3,(H,18,19). The quantitative estimate of drug-likeness (QED) is 0.916. The fourth-order valence-corrected chi connectivity index (χ4v) is 5.07. The largest absolute Gasteiger partial charge is 0.481 e. The Kier molecular flexibility index (Phi) is 4.60. The number of rotatable bonds is 4. The van der Waals surface area contributed by atoms with E-state index in [1.165, 1.54) is 37.0 Å². The molecule has 4 nitrogen and oxygen atoms in total. The number of aromatic nitrogens is 1. The van der Waals surface area contributed by atoms with Crippen molar-refractivity contribution in [3.05, 3.63) is 15.6 Å². The van der Waals surface area contributed by atoms with Gasteiger partial charge < -0.3 is 9.84 Å². The maximum atomic E-state index is 11.4. The van der Waals surface area contributed by atoms with E-state index >= 15 is 0 Å². The fraction of sp³-hybridized carbons (Fsp3) is 0.750. The van der Waals surface area contributed by atoms with Gasteiger partial charge in [0.1, 0.15) is 11.1 Å². The zero-order chi connectivity index (χ0) is 14.8. The van der Waals surface area contributed by atoms with Crippen LogP contribution in [0, 0.1) is 5.92 Å². The molecule has 116 valence electrons. The fourth-order valence-electron chi connectivity index (χ4n) is 3.73. The van der Waals surface area contributed by atoms with Crippen LogP contribution in [0.1, 0.15) is 72.5 Å². The highest BCUT2D eigenvalue weighted by Gasteiger charge is 2.33. The SMILES string of the molecule is COC(c1nc2c(s1)CCCC2C(=O)O)C1CCCCC1. The Balaban J connectivity index is 1.86. The lowest BCUT2D eigenvalue weighted by molar-refractivity contribution is -0.139. The minimum Gasteiger partial charge on any atom is -0.481 e. The van der Waals surface area contributed by atoms with Crippen molar-refractivity contribution < 1.29 is 14.6 Å². The van der Waals surface area contributed by atoms with Crippen LogP contribution >= 0.6 is 11.3 Å². The summed E-state index contributed by atoms with van der Waals surface area (Å²) < 4.78 is 5.75. The first-order valence-electron chi connectivity index (χ1n) is 7.95. The van der Waals surface area contributed by atoms with E-state index in [1.807, 2.05) is 0 Å². The highest BCUT2D eigenvalue weighted by atomic mass is 32.1. The van der Waals surface area contributed by atoms with Gasteiger partial charge in [-0.05, 0) is 38.0 Å². The smallest absolute Gasteiger partial charge is 0.312 e. The van der Waals surface area contributed by atoms with Crippen molar-refractivity contribution in [3.63, 3.8) is 0 Å². The summed E-state index contributed by atoms with van der Waals surface area (Å²) in [5.41, 5.74) is 0.812. The van der Waals surface area contributed by atoms with Crippen molar-refractivity contribution in [2.45, 2.75) is 63.4 Å². The predicted octanol–water partition coefficient (Wildman–Crippen LogP) is 3.92. The maximum absolute atomic E-state index is 11.4. The lowest BCUT2D eigenvalue weighted by Gasteiger charge is -2.27. The molecule has 5 heteroatoms. The van der Waals surface area contributed by atoms with Gasteiger partial charge in [0.15, 0.2) is 0 Å². The minimum absolute atomic E-state index is 0.0512. The average molecular weight is 309 g/mol. The normalized spacial score (nSPS) is 24.5. The predicted molar refractivity (Wildman–Crippen MR) is 81.8 cm³/mol. The molecule has 0 saturated heterocycles. The van der Waals surface area contributed by atoms with E-state index in [0.29, 0.717) is 12.3 Å². The minimum atomic E-state index is -0.737. The summed E-state index contributed by atoms with van der Waals surface area (Å²) in [7, 11) is 1.76. The van der Waals surface area contributed by atoms with Gasteiger partial charge in [-0.1, -0.05) is 19.3 Å². The van der Waals surface area contributed by atoms with E-state index in [1.54, 1.807) is 18.4 Å². The Bertz CT molecular complexity index is 508. The number of methoxy groups -OCH3 is 1. The van der Waals surface area contributed by atoms with E-state index in [0.717, 1.165) is 23.5 Å². The van der Waals surface area contributed by atoms with Gasteiger partial charge >= 0.3 is 5.97 Å². The molecule has 21 heavy (non-hydrogen) atoms. The Hall–Kier alpha value is -0.940. The number of hydrogen-bond acceptors (Lipinski definition) is 4. The number of ether oxygens (including phenoxy) is 1. The molecule has 3 rings (SSSR count). The molecule has 0 aliphatic heterocycles. The number of aryl methyl sites for hydroxylation is 1. The van der Waals surface area contributed by atoms with E-state index in [-0.39, 0.29) is 6.10 Å². The molecule has 0 radical (unpaired) electrons. The molecule has 1 N–H and O–H groups in total. The number of thiazole rings is 1. The van der Waals surface area contributed by atoms with Crippen molar-refractivity contribution in [2.75, 3.05) is 7.11 Å². The summed E-state index contributed by atoms with van der Waals surface area (Å²) >= 11 is 1.68. The Labute approximate surface area is 129 Å². The van der Waals surface area contributed by atoms with Crippen molar-refractivity contribution >= 4 is 17.3 Å². The van der Waals surface area contributed by atoms with Gasteiger partial charge in [-0.25, -0.2) is 4.98 Å². The second-order valence-corrected chi connectivity index (χ2v) is 7.31. The summed E-state index contributed by atoms with van der Waals surface area (Å²) in [5.74, 6) is -0.610. The summed E-state index contributed by atoms with van der Waals surface area (Å²) in [6.45, 7) is 0. The number of nitrogens with zero attached hydrogens (tertiary/aromatic N) is 1. The van der Waals surface area contributed by atoms with Gasteiger partial charge in [-0.3, -0.25) is 4.79 Å². The number of fused-ring (bicyclic) bond motifs is 1. The molecule has 0 bridgehead atoms. The molecular weight excluding hydrogens is 286 g/mol.